The van der Waals surface area contributed by atoms with Crippen LogP contribution in [-0.4, -0.2) is 21.5 Å². The zero-order valence-electron chi connectivity index (χ0n) is 11.3. The summed E-state index contributed by atoms with van der Waals surface area (Å²) in [6.45, 7) is 1.80. The number of para-hydroxylation sites is 1. The number of hydrogen-bond donors (Lipinski definition) is 0. The summed E-state index contributed by atoms with van der Waals surface area (Å²) in [5.74, 6) is -1.01. The molecule has 1 aliphatic rings. The maximum absolute atomic E-state index is 12.4. The number of hydrogen-bond acceptors (Lipinski definition) is 4. The van der Waals surface area contributed by atoms with E-state index in [9.17, 15) is 9.59 Å². The topological polar surface area (TPSA) is 59.9 Å². The van der Waals surface area contributed by atoms with Crippen molar-refractivity contribution in [2.45, 2.75) is 6.92 Å². The predicted molar refractivity (Wildman–Crippen MR) is 78.4 cm³/mol. The lowest BCUT2D eigenvalue weighted by Crippen LogP contribution is -2.23. The van der Waals surface area contributed by atoms with Crippen molar-refractivity contribution in [1.82, 2.24) is 9.97 Å². The molecule has 0 amide bonds. The maximum Gasteiger partial charge on any atom is 0.236 e. The zero-order chi connectivity index (χ0) is 14.6. The summed E-state index contributed by atoms with van der Waals surface area (Å²) in [5, 5.41) is 0.841. The fourth-order valence-corrected chi connectivity index (χ4v) is 2.73. The molecule has 0 aliphatic heterocycles. The quantitative estimate of drug-likeness (QED) is 0.591. The van der Waals surface area contributed by atoms with Crippen LogP contribution in [0.3, 0.4) is 0 Å². The van der Waals surface area contributed by atoms with Crippen LogP contribution < -0.4 is 0 Å². The first-order valence-electron chi connectivity index (χ1n) is 6.61. The summed E-state index contributed by atoms with van der Waals surface area (Å²) in [5.41, 5.74) is 3.24. The van der Waals surface area contributed by atoms with Gasteiger partial charge in [0.05, 0.1) is 16.6 Å². The molecule has 21 heavy (non-hydrogen) atoms. The normalized spacial score (nSPS) is 13.2. The Kier molecular flexibility index (Phi) is 2.30. The van der Waals surface area contributed by atoms with Gasteiger partial charge >= 0.3 is 0 Å². The molecule has 1 aliphatic carbocycles. The zero-order valence-corrected chi connectivity index (χ0v) is 11.3. The van der Waals surface area contributed by atoms with Crippen LogP contribution in [0.4, 0.5) is 0 Å². The smallest absolute Gasteiger partial charge is 0.236 e. The van der Waals surface area contributed by atoms with Crippen molar-refractivity contribution < 1.29 is 9.59 Å². The molecule has 0 N–H and O–H groups in total. The van der Waals surface area contributed by atoms with Gasteiger partial charge in [-0.1, -0.05) is 18.2 Å². The van der Waals surface area contributed by atoms with Crippen LogP contribution in [0.2, 0.25) is 0 Å². The minimum Gasteiger partial charge on any atom is -0.285 e. The number of aryl methyl sites for hydroxylation is 1. The highest BCUT2D eigenvalue weighted by Crippen LogP contribution is 2.33. The number of aromatic nitrogens is 2. The predicted octanol–water partition coefficient (Wildman–Crippen LogP) is 2.98. The second kappa shape index (κ2) is 4.06. The lowest BCUT2D eigenvalue weighted by Gasteiger charge is -2.18. The molecule has 1 aromatic carbocycles. The number of carbonyl (C=O) groups is 2. The van der Waals surface area contributed by atoms with E-state index in [0.29, 0.717) is 22.5 Å². The largest absolute Gasteiger partial charge is 0.285 e. The molecule has 0 saturated carbocycles. The highest BCUT2D eigenvalue weighted by molar-refractivity contribution is 6.53. The van der Waals surface area contributed by atoms with Crippen molar-refractivity contribution in [1.29, 1.82) is 0 Å². The summed E-state index contributed by atoms with van der Waals surface area (Å²) < 4.78 is 0. The number of carbonyl (C=O) groups excluding carboxylic acids is 2. The van der Waals surface area contributed by atoms with Crippen molar-refractivity contribution in [2.75, 3.05) is 0 Å². The van der Waals surface area contributed by atoms with Crippen molar-refractivity contribution >= 4 is 22.5 Å². The average Bonchev–Trinajstić information content (AvgIpc) is 2.51. The van der Waals surface area contributed by atoms with E-state index >= 15 is 0 Å². The highest BCUT2D eigenvalue weighted by Gasteiger charge is 2.33. The van der Waals surface area contributed by atoms with Crippen LogP contribution in [0.5, 0.6) is 0 Å². The maximum atomic E-state index is 12.4. The fraction of sp³-hybridized carbons (Fsp3) is 0.0588. The molecule has 3 aromatic rings. The van der Waals surface area contributed by atoms with Crippen LogP contribution >= 0.6 is 0 Å². The van der Waals surface area contributed by atoms with E-state index in [1.54, 1.807) is 25.3 Å². The minimum absolute atomic E-state index is 0.337. The molecule has 0 radical (unpaired) electrons. The van der Waals surface area contributed by atoms with Crippen molar-refractivity contribution in [3.8, 4) is 11.4 Å². The van der Waals surface area contributed by atoms with Crippen molar-refractivity contribution in [3.63, 3.8) is 0 Å². The van der Waals surface area contributed by atoms with Crippen LogP contribution in [0.15, 0.2) is 42.6 Å². The molecular formula is C17H10N2O2. The van der Waals surface area contributed by atoms with Gasteiger partial charge in [-0.05, 0) is 30.7 Å². The van der Waals surface area contributed by atoms with Crippen LogP contribution in [0.1, 0.15) is 26.3 Å². The first-order chi connectivity index (χ1) is 10.2. The van der Waals surface area contributed by atoms with Crippen molar-refractivity contribution in [2.24, 2.45) is 0 Å². The molecule has 4 rings (SSSR count). The monoisotopic (exact) mass is 274 g/mol. The Morgan fingerprint density at radius 1 is 0.952 bits per heavy atom. The average molecular weight is 274 g/mol. The van der Waals surface area contributed by atoms with E-state index in [0.717, 1.165) is 16.5 Å². The third-order valence-corrected chi connectivity index (χ3v) is 3.79. The lowest BCUT2D eigenvalue weighted by molar-refractivity contribution is 0.0814. The molecule has 0 unspecified atom stereocenters. The number of benzene rings is 1. The molecular weight excluding hydrogens is 264 g/mol. The Hall–Kier alpha value is -2.88. The van der Waals surface area contributed by atoms with E-state index in [1.165, 1.54) is 0 Å². The lowest BCUT2D eigenvalue weighted by atomic mass is 9.87. The van der Waals surface area contributed by atoms with Gasteiger partial charge in [-0.3, -0.25) is 14.6 Å². The van der Waals surface area contributed by atoms with Crippen LogP contribution in [0.25, 0.3) is 22.3 Å². The summed E-state index contributed by atoms with van der Waals surface area (Å²) in [4.78, 5) is 33.5. The van der Waals surface area contributed by atoms with Crippen molar-refractivity contribution in [3.05, 3.63) is 59.3 Å². The molecule has 4 heteroatoms. The van der Waals surface area contributed by atoms with Gasteiger partial charge in [-0.25, -0.2) is 4.98 Å². The molecule has 0 spiro atoms. The molecule has 4 nitrogen and oxygen atoms in total. The van der Waals surface area contributed by atoms with Gasteiger partial charge in [0.1, 0.15) is 11.4 Å². The second-order valence-electron chi connectivity index (χ2n) is 5.09. The van der Waals surface area contributed by atoms with E-state index in [2.05, 4.69) is 9.97 Å². The van der Waals surface area contributed by atoms with Gasteiger partial charge in [0.2, 0.25) is 11.6 Å². The van der Waals surface area contributed by atoms with Gasteiger partial charge in [0.15, 0.2) is 0 Å². The molecule has 0 bridgehead atoms. The number of fused-ring (bicyclic) bond motifs is 4. The summed E-state index contributed by atoms with van der Waals surface area (Å²) >= 11 is 0. The number of nitrogens with zero attached hydrogens (tertiary/aromatic N) is 2. The SMILES string of the molecule is Cc1ccnc2c1C(=O)C(=O)c1cc3ccccc3nc1-2. The Bertz CT molecular complexity index is 945. The standard InChI is InChI=1S/C17H10N2O2/c1-9-6-7-18-15-13(9)17(21)16(20)11-8-10-4-2-3-5-12(10)19-14(11)15/h2-8H,1H3. The molecule has 2 heterocycles. The Labute approximate surface area is 120 Å². The van der Waals surface area contributed by atoms with Crippen LogP contribution in [-0.2, 0) is 0 Å². The van der Waals surface area contributed by atoms with E-state index < -0.39 is 11.6 Å². The third-order valence-electron chi connectivity index (χ3n) is 3.79. The first kappa shape index (κ1) is 11.9. The van der Waals surface area contributed by atoms with Crippen LogP contribution in [0, 0.1) is 6.92 Å². The van der Waals surface area contributed by atoms with E-state index in [4.69, 9.17) is 0 Å². The Morgan fingerprint density at radius 3 is 2.62 bits per heavy atom. The van der Waals surface area contributed by atoms with Gasteiger partial charge in [-0.15, -0.1) is 0 Å². The number of Topliss-reactive ketones (excluding diaryl/α,β-unsaturated/α-hetero) is 2. The summed E-state index contributed by atoms with van der Waals surface area (Å²) in [7, 11) is 0. The fourth-order valence-electron chi connectivity index (χ4n) is 2.73. The molecule has 0 fully saturated rings. The molecule has 0 saturated heterocycles. The van der Waals surface area contributed by atoms with Gasteiger partial charge in [0.25, 0.3) is 0 Å². The number of ketones is 2. The van der Waals surface area contributed by atoms with Gasteiger partial charge < -0.3 is 0 Å². The number of pyridine rings is 2. The molecule has 100 valence electrons. The van der Waals surface area contributed by atoms with E-state index in [-0.39, 0.29) is 0 Å². The second-order valence-corrected chi connectivity index (χ2v) is 5.09. The Balaban J connectivity index is 2.16. The molecule has 0 atom stereocenters. The summed E-state index contributed by atoms with van der Waals surface area (Å²) in [6.07, 6.45) is 1.64. The highest BCUT2D eigenvalue weighted by atomic mass is 16.2. The van der Waals surface area contributed by atoms with Gasteiger partial charge in [-0.2, -0.15) is 0 Å². The first-order valence-corrected chi connectivity index (χ1v) is 6.61. The number of rotatable bonds is 0. The van der Waals surface area contributed by atoms with E-state index in [1.807, 2.05) is 24.3 Å². The van der Waals surface area contributed by atoms with Gasteiger partial charge in [0, 0.05) is 11.6 Å². The third kappa shape index (κ3) is 1.56. The molecule has 2 aromatic heterocycles. The summed E-state index contributed by atoms with van der Waals surface area (Å²) in [6, 6.07) is 11.0. The minimum atomic E-state index is -0.508. The Morgan fingerprint density at radius 2 is 1.76 bits per heavy atom.